The second kappa shape index (κ2) is 7.18. The van der Waals surface area contributed by atoms with E-state index in [9.17, 15) is 9.18 Å². The monoisotopic (exact) mass is 345 g/mol. The molecule has 0 aliphatic carbocycles. The predicted molar refractivity (Wildman–Crippen MR) is 86.6 cm³/mol. The Bertz CT molecular complexity index is 836. The topological polar surface area (TPSA) is 72.7 Å². The van der Waals surface area contributed by atoms with Crippen LogP contribution in [0.3, 0.4) is 0 Å². The molecule has 122 valence electrons. The lowest BCUT2D eigenvalue weighted by Crippen LogP contribution is -2.27. The number of rotatable bonds is 5. The minimum absolute atomic E-state index is 0.165. The van der Waals surface area contributed by atoms with Crippen molar-refractivity contribution < 1.29 is 9.18 Å². The van der Waals surface area contributed by atoms with Crippen molar-refractivity contribution in [3.05, 3.63) is 70.8 Å². The van der Waals surface area contributed by atoms with E-state index in [1.54, 1.807) is 12.1 Å². The van der Waals surface area contributed by atoms with E-state index in [-0.39, 0.29) is 5.56 Å². The SMILES string of the molecule is O=C(NCCc1ccc(Cl)cc1)c1cc(F)ccc1-n1cnnn1. The molecule has 3 rings (SSSR count). The Morgan fingerprint density at radius 3 is 2.71 bits per heavy atom. The zero-order chi connectivity index (χ0) is 16.9. The fourth-order valence-electron chi connectivity index (χ4n) is 2.23. The molecule has 8 heteroatoms. The zero-order valence-corrected chi connectivity index (χ0v) is 13.2. The van der Waals surface area contributed by atoms with Gasteiger partial charge in [-0.15, -0.1) is 5.10 Å². The first kappa shape index (κ1) is 16.1. The first-order valence-electron chi connectivity index (χ1n) is 7.19. The first-order valence-corrected chi connectivity index (χ1v) is 7.57. The molecule has 1 aromatic heterocycles. The maximum Gasteiger partial charge on any atom is 0.253 e. The van der Waals surface area contributed by atoms with Crippen LogP contribution in [-0.4, -0.2) is 32.7 Å². The summed E-state index contributed by atoms with van der Waals surface area (Å²) in [6, 6.07) is 11.2. The number of amides is 1. The normalized spacial score (nSPS) is 10.6. The van der Waals surface area contributed by atoms with E-state index in [1.165, 1.54) is 23.1 Å². The van der Waals surface area contributed by atoms with Crippen LogP contribution < -0.4 is 5.32 Å². The predicted octanol–water partition coefficient (Wildman–Crippen LogP) is 2.43. The van der Waals surface area contributed by atoms with Crippen LogP contribution in [0.2, 0.25) is 5.02 Å². The summed E-state index contributed by atoms with van der Waals surface area (Å²) in [6.45, 7) is 0.409. The third-order valence-corrected chi connectivity index (χ3v) is 3.66. The van der Waals surface area contributed by atoms with Crippen LogP contribution in [0.4, 0.5) is 4.39 Å². The van der Waals surface area contributed by atoms with Gasteiger partial charge in [0.1, 0.15) is 12.1 Å². The van der Waals surface area contributed by atoms with E-state index >= 15 is 0 Å². The van der Waals surface area contributed by atoms with Gasteiger partial charge in [0, 0.05) is 11.6 Å². The van der Waals surface area contributed by atoms with Crippen molar-refractivity contribution in [2.45, 2.75) is 6.42 Å². The highest BCUT2D eigenvalue weighted by Crippen LogP contribution is 2.15. The van der Waals surface area contributed by atoms with Crippen LogP contribution >= 0.6 is 11.6 Å². The van der Waals surface area contributed by atoms with E-state index < -0.39 is 11.7 Å². The summed E-state index contributed by atoms with van der Waals surface area (Å²) in [5, 5.41) is 14.2. The molecular formula is C16H13ClFN5O. The highest BCUT2D eigenvalue weighted by Gasteiger charge is 2.14. The molecule has 0 aliphatic heterocycles. The summed E-state index contributed by atoms with van der Waals surface area (Å²) in [4.78, 5) is 12.4. The maximum atomic E-state index is 13.5. The fourth-order valence-corrected chi connectivity index (χ4v) is 2.35. The second-order valence-corrected chi connectivity index (χ2v) is 5.48. The van der Waals surface area contributed by atoms with Crippen LogP contribution in [0.15, 0.2) is 48.8 Å². The standard InChI is InChI=1S/C16H13ClFN5O/c17-12-3-1-11(2-4-12)7-8-19-16(24)14-9-13(18)5-6-15(14)23-10-20-21-22-23/h1-6,9-10H,7-8H2,(H,19,24). The van der Waals surface area contributed by atoms with Crippen molar-refractivity contribution >= 4 is 17.5 Å². The van der Waals surface area contributed by atoms with Crippen molar-refractivity contribution in [3.63, 3.8) is 0 Å². The number of carbonyl (C=O) groups excluding carboxylic acids is 1. The molecular weight excluding hydrogens is 333 g/mol. The molecule has 24 heavy (non-hydrogen) atoms. The summed E-state index contributed by atoms with van der Waals surface area (Å²) in [5.74, 6) is -0.899. The summed E-state index contributed by atoms with van der Waals surface area (Å²) < 4.78 is 14.8. The van der Waals surface area contributed by atoms with Gasteiger partial charge in [0.05, 0.1) is 11.3 Å². The van der Waals surface area contributed by atoms with Crippen molar-refractivity contribution in [3.8, 4) is 5.69 Å². The van der Waals surface area contributed by atoms with Gasteiger partial charge in [-0.3, -0.25) is 4.79 Å². The second-order valence-electron chi connectivity index (χ2n) is 5.05. The molecule has 0 saturated heterocycles. The highest BCUT2D eigenvalue weighted by atomic mass is 35.5. The molecule has 0 atom stereocenters. The number of nitrogens with zero attached hydrogens (tertiary/aromatic N) is 4. The van der Waals surface area contributed by atoms with Crippen molar-refractivity contribution in [1.29, 1.82) is 0 Å². The largest absolute Gasteiger partial charge is 0.352 e. The molecule has 3 aromatic rings. The summed E-state index contributed by atoms with van der Waals surface area (Å²) in [5.41, 5.74) is 1.61. The number of nitrogens with one attached hydrogen (secondary N) is 1. The van der Waals surface area contributed by atoms with E-state index in [0.717, 1.165) is 11.6 Å². The molecule has 2 aromatic carbocycles. The molecule has 1 heterocycles. The van der Waals surface area contributed by atoms with Gasteiger partial charge in [0.15, 0.2) is 0 Å². The quantitative estimate of drug-likeness (QED) is 0.770. The third kappa shape index (κ3) is 3.75. The number of benzene rings is 2. The fraction of sp³-hybridized carbons (Fsp3) is 0.125. The summed E-state index contributed by atoms with van der Waals surface area (Å²) in [6.07, 6.45) is 1.98. The lowest BCUT2D eigenvalue weighted by molar-refractivity contribution is 0.0953. The minimum atomic E-state index is -0.505. The molecule has 0 unspecified atom stereocenters. The number of carbonyl (C=O) groups is 1. The van der Waals surface area contributed by atoms with Gasteiger partial charge in [-0.2, -0.15) is 4.68 Å². The number of hydrogen-bond acceptors (Lipinski definition) is 4. The lowest BCUT2D eigenvalue weighted by Gasteiger charge is -2.10. The average molecular weight is 346 g/mol. The Kier molecular flexibility index (Phi) is 4.81. The molecule has 0 fully saturated rings. The summed E-state index contributed by atoms with van der Waals surface area (Å²) >= 11 is 5.83. The molecule has 0 bridgehead atoms. The Morgan fingerprint density at radius 2 is 2.00 bits per heavy atom. The van der Waals surface area contributed by atoms with Crippen molar-refractivity contribution in [2.75, 3.05) is 6.54 Å². The Balaban J connectivity index is 1.70. The maximum absolute atomic E-state index is 13.5. The first-order chi connectivity index (χ1) is 11.6. The van der Waals surface area contributed by atoms with Crippen LogP contribution in [0, 0.1) is 5.82 Å². The van der Waals surface area contributed by atoms with Gasteiger partial charge < -0.3 is 5.32 Å². The number of aromatic nitrogens is 4. The summed E-state index contributed by atoms with van der Waals surface area (Å²) in [7, 11) is 0. The van der Waals surface area contributed by atoms with Gasteiger partial charge in [-0.05, 0) is 52.7 Å². The van der Waals surface area contributed by atoms with Crippen LogP contribution in [0.1, 0.15) is 15.9 Å². The Labute approximate surface area is 142 Å². The molecule has 6 nitrogen and oxygen atoms in total. The van der Waals surface area contributed by atoms with Gasteiger partial charge in [-0.1, -0.05) is 23.7 Å². The van der Waals surface area contributed by atoms with Gasteiger partial charge in [0.2, 0.25) is 0 Å². The molecule has 0 aliphatic rings. The molecule has 0 radical (unpaired) electrons. The molecule has 0 saturated carbocycles. The van der Waals surface area contributed by atoms with Crippen molar-refractivity contribution in [2.24, 2.45) is 0 Å². The average Bonchev–Trinajstić information content (AvgIpc) is 3.11. The van der Waals surface area contributed by atoms with Crippen molar-refractivity contribution in [1.82, 2.24) is 25.5 Å². The van der Waals surface area contributed by atoms with E-state index in [4.69, 9.17) is 11.6 Å². The van der Waals surface area contributed by atoms with E-state index in [2.05, 4.69) is 20.8 Å². The minimum Gasteiger partial charge on any atom is -0.352 e. The molecule has 1 amide bonds. The lowest BCUT2D eigenvalue weighted by atomic mass is 10.1. The molecule has 0 spiro atoms. The van der Waals surface area contributed by atoms with Crippen LogP contribution in [0.25, 0.3) is 5.69 Å². The zero-order valence-electron chi connectivity index (χ0n) is 12.5. The third-order valence-electron chi connectivity index (χ3n) is 3.41. The smallest absolute Gasteiger partial charge is 0.253 e. The van der Waals surface area contributed by atoms with Gasteiger partial charge in [0.25, 0.3) is 5.91 Å². The number of halogens is 2. The molecule has 1 N–H and O–H groups in total. The Hall–Kier alpha value is -2.80. The van der Waals surface area contributed by atoms with Gasteiger partial charge in [-0.25, -0.2) is 4.39 Å². The number of tetrazole rings is 1. The Morgan fingerprint density at radius 1 is 1.21 bits per heavy atom. The van der Waals surface area contributed by atoms with Gasteiger partial charge >= 0.3 is 0 Å². The van der Waals surface area contributed by atoms with Crippen LogP contribution in [-0.2, 0) is 6.42 Å². The van der Waals surface area contributed by atoms with Crippen LogP contribution in [0.5, 0.6) is 0 Å². The highest BCUT2D eigenvalue weighted by molar-refractivity contribution is 6.30. The van der Waals surface area contributed by atoms with E-state index in [1.807, 2.05) is 12.1 Å². The number of hydrogen-bond donors (Lipinski definition) is 1. The van der Waals surface area contributed by atoms with E-state index in [0.29, 0.717) is 23.7 Å².